The first-order valence-corrected chi connectivity index (χ1v) is 9.03. The third-order valence-electron chi connectivity index (χ3n) is 2.99. The number of rotatable bonds is 2. The van der Waals surface area contributed by atoms with Gasteiger partial charge in [0.15, 0.2) is 0 Å². The van der Waals surface area contributed by atoms with Crippen LogP contribution in [-0.4, -0.2) is 113 Å². The third-order valence-corrected chi connectivity index (χ3v) is 2.99. The molecule has 26 heteroatoms. The summed E-state index contributed by atoms with van der Waals surface area (Å²) in [6, 6.07) is 0. The first-order chi connectivity index (χ1) is 16.9. The zero-order valence-corrected chi connectivity index (χ0v) is 18.7. The van der Waals surface area contributed by atoms with E-state index in [4.69, 9.17) is 10.4 Å². The lowest BCUT2D eigenvalue weighted by atomic mass is 10.5. The number of amides is 2. The molecule has 0 fully saturated rings. The van der Waals surface area contributed by atoms with Crippen molar-refractivity contribution in [2.24, 2.45) is 31.1 Å². The molecule has 4 rings (SSSR count). The Bertz CT molecular complexity index is 1080. The summed E-state index contributed by atoms with van der Waals surface area (Å²) in [5.41, 5.74) is 0. The fourth-order valence-corrected chi connectivity index (χ4v) is 1.68. The molecular weight excluding hydrogens is 500 g/mol. The van der Waals surface area contributed by atoms with Crippen molar-refractivity contribution in [3.63, 3.8) is 0 Å². The maximum Gasteiger partial charge on any atom is 0.334 e. The molecule has 6 N–H and O–H groups in total. The van der Waals surface area contributed by atoms with Gasteiger partial charge in [-0.15, -0.1) is 9.51 Å². The second-order valence-corrected chi connectivity index (χ2v) is 5.83. The monoisotopic (exact) mass is 518 g/mol. The van der Waals surface area contributed by atoms with E-state index < -0.39 is 45.0 Å². The lowest BCUT2D eigenvalue weighted by molar-refractivity contribution is -0.748. The summed E-state index contributed by atoms with van der Waals surface area (Å²) in [5, 5.41) is 102. The highest BCUT2D eigenvalue weighted by molar-refractivity contribution is 5.95. The molecule has 0 bridgehead atoms. The lowest BCUT2D eigenvalue weighted by Crippen LogP contribution is -2.74. The Morgan fingerprint density at radius 1 is 0.750 bits per heavy atom. The quantitative estimate of drug-likeness (QED) is 0.163. The van der Waals surface area contributed by atoms with E-state index in [-0.39, 0.29) is 9.69 Å². The fourth-order valence-electron chi connectivity index (χ4n) is 1.68. The fraction of sp³-hybridized carbons (Fsp3) is 0.400. The van der Waals surface area contributed by atoms with Gasteiger partial charge in [-0.25, -0.2) is 0 Å². The van der Waals surface area contributed by atoms with E-state index >= 15 is 0 Å². The molecule has 2 aromatic rings. The molecule has 0 aliphatic carbocycles. The zero-order chi connectivity index (χ0) is 27.5. The Kier molecular flexibility index (Phi) is 10.0. The lowest BCUT2D eigenvalue weighted by Gasteiger charge is -2.27. The summed E-state index contributed by atoms with van der Waals surface area (Å²) in [6.07, 6.45) is -4.25. The zero-order valence-electron chi connectivity index (χ0n) is 18.7. The standard InChI is InChI=1S/2C3H2N8O4.2C2H7N/c2*12-3(13)11(15)2(5-7-9-11)1-4-6-8-10(1)14;2*1-3-2/h2*14H,(H,12,13);2*3H,1-2H3. The Labute approximate surface area is 197 Å². The summed E-state index contributed by atoms with van der Waals surface area (Å²) in [7, 11) is 8.00. The maximum absolute atomic E-state index is 11.4. The molecule has 0 saturated carbocycles. The van der Waals surface area contributed by atoms with Crippen molar-refractivity contribution in [2.75, 3.05) is 28.2 Å². The number of tetrazole rings is 2. The summed E-state index contributed by atoms with van der Waals surface area (Å²) < 4.78 is -4.66. The predicted molar refractivity (Wildman–Crippen MR) is 98.4 cm³/mol. The van der Waals surface area contributed by atoms with Crippen molar-refractivity contribution >= 4 is 23.9 Å². The average Bonchev–Trinajstić information content (AvgIpc) is 3.58. The Balaban J connectivity index is 0.000000296. The van der Waals surface area contributed by atoms with Crippen molar-refractivity contribution < 1.29 is 50.4 Å². The molecular formula is C10H18N18O8. The molecule has 0 aromatic carbocycles. The highest BCUT2D eigenvalue weighted by Crippen LogP contribution is 2.19. The number of hydroxylamine groups is 4. The maximum atomic E-state index is 11.4. The molecule has 4 heterocycles. The number of aromatic nitrogens is 8. The van der Waals surface area contributed by atoms with Gasteiger partial charge in [-0.3, -0.25) is 0 Å². The minimum atomic E-state index is -2.33. The van der Waals surface area contributed by atoms with Crippen LogP contribution in [0, 0.1) is 10.4 Å². The summed E-state index contributed by atoms with van der Waals surface area (Å²) in [4.78, 5) is 21.1. The topological polar surface area (TPSA) is 361 Å². The Hall–Kier alpha value is -5.02. The van der Waals surface area contributed by atoms with Gasteiger partial charge >= 0.3 is 23.3 Å². The van der Waals surface area contributed by atoms with Gasteiger partial charge in [0.05, 0.1) is 38.6 Å². The number of nitrogens with two attached hydrogens (primary N) is 2. The normalized spacial score (nSPS) is 21.2. The summed E-state index contributed by atoms with van der Waals surface area (Å²) >= 11 is 0. The number of quaternary nitrogens is 4. The van der Waals surface area contributed by atoms with E-state index in [0.717, 1.165) is 0 Å². The van der Waals surface area contributed by atoms with Gasteiger partial charge in [0.25, 0.3) is 12.2 Å². The second-order valence-electron chi connectivity index (χ2n) is 5.83. The molecule has 2 aliphatic rings. The minimum absolute atomic E-state index is 0.0725. The van der Waals surface area contributed by atoms with Crippen LogP contribution in [0.1, 0.15) is 11.6 Å². The number of carboxylic acid groups (broad SMARTS) is 2. The molecule has 2 atom stereocenters. The number of hydrogen-bond acceptors (Lipinski definition) is 20. The highest BCUT2D eigenvalue weighted by atomic mass is 16.7. The molecule has 2 unspecified atom stereocenters. The summed E-state index contributed by atoms with van der Waals surface area (Å²) in [5.74, 6) is -2.77. The Morgan fingerprint density at radius 3 is 1.28 bits per heavy atom. The number of carbonyl (C=O) groups is 2. The van der Waals surface area contributed by atoms with E-state index in [9.17, 15) is 30.2 Å². The van der Waals surface area contributed by atoms with Crippen LogP contribution in [0.5, 0.6) is 0 Å². The van der Waals surface area contributed by atoms with Crippen molar-refractivity contribution in [1.82, 2.24) is 40.7 Å². The molecule has 0 spiro atoms. The van der Waals surface area contributed by atoms with Gasteiger partial charge in [0.1, 0.15) is 0 Å². The van der Waals surface area contributed by atoms with Gasteiger partial charge in [-0.1, -0.05) is 30.1 Å². The van der Waals surface area contributed by atoms with Crippen LogP contribution >= 0.6 is 0 Å². The van der Waals surface area contributed by atoms with E-state index in [2.05, 4.69) is 62.1 Å². The first kappa shape index (κ1) is 29.0. The van der Waals surface area contributed by atoms with Gasteiger partial charge in [0, 0.05) is 10.4 Å². The van der Waals surface area contributed by atoms with Crippen LogP contribution < -0.4 is 20.8 Å². The van der Waals surface area contributed by atoms with Crippen LogP contribution in [0.25, 0.3) is 0 Å². The minimum Gasteiger partial charge on any atom is -0.590 e. The van der Waals surface area contributed by atoms with Crippen LogP contribution in [0.4, 0.5) is 9.59 Å². The molecule has 26 nitrogen and oxygen atoms in total. The molecule has 2 aromatic heterocycles. The first-order valence-electron chi connectivity index (χ1n) is 9.03. The molecule has 0 saturated heterocycles. The predicted octanol–water partition coefficient (Wildman–Crippen LogP) is -7.16. The van der Waals surface area contributed by atoms with Gasteiger partial charge in [-0.2, -0.15) is 0 Å². The largest absolute Gasteiger partial charge is 0.590 e. The molecule has 36 heavy (non-hydrogen) atoms. The van der Waals surface area contributed by atoms with Gasteiger partial charge in [-0.05, 0) is 20.9 Å². The van der Waals surface area contributed by atoms with E-state index in [1.54, 1.807) is 0 Å². The van der Waals surface area contributed by atoms with E-state index in [1.807, 2.05) is 38.8 Å². The number of carbonyl (C=O) groups excluding carboxylic acids is 2. The van der Waals surface area contributed by atoms with E-state index in [1.165, 1.54) is 0 Å². The molecule has 196 valence electrons. The van der Waals surface area contributed by atoms with Crippen LogP contribution in [0.3, 0.4) is 0 Å². The second kappa shape index (κ2) is 12.4. The smallest absolute Gasteiger partial charge is 0.334 e. The van der Waals surface area contributed by atoms with Crippen LogP contribution in [0.15, 0.2) is 31.1 Å². The molecule has 2 amide bonds. The van der Waals surface area contributed by atoms with Crippen LogP contribution in [-0.2, 0) is 0 Å². The highest BCUT2D eigenvalue weighted by Gasteiger charge is 2.40. The van der Waals surface area contributed by atoms with Gasteiger partial charge in [0.2, 0.25) is 0 Å². The molecule has 0 radical (unpaired) electrons. The third kappa shape index (κ3) is 6.10. The SMILES string of the molecule is C[NH2+]C.C[NH2+]C.O=C([O-])[N+]1([O-])N=NN=C1c1nnnn1O.O=C([O-])[N+]1([O-])N=NN=C1c1nnnn1O. The average molecular weight is 518 g/mol. The Morgan fingerprint density at radius 2 is 1.06 bits per heavy atom. The summed E-state index contributed by atoms with van der Waals surface area (Å²) in [6.45, 7) is 0. The van der Waals surface area contributed by atoms with Crippen molar-refractivity contribution in [3.05, 3.63) is 22.1 Å². The van der Waals surface area contributed by atoms with Crippen molar-refractivity contribution in [3.8, 4) is 0 Å². The van der Waals surface area contributed by atoms with Crippen molar-refractivity contribution in [2.45, 2.75) is 0 Å². The van der Waals surface area contributed by atoms with Crippen LogP contribution in [0.2, 0.25) is 0 Å². The number of hydrogen-bond donors (Lipinski definition) is 4. The number of amidine groups is 2. The van der Waals surface area contributed by atoms with Crippen molar-refractivity contribution in [1.29, 1.82) is 0 Å². The van der Waals surface area contributed by atoms with E-state index in [0.29, 0.717) is 0 Å². The van der Waals surface area contributed by atoms with Gasteiger partial charge < -0.3 is 51.3 Å². The molecule has 2 aliphatic heterocycles. The number of nitrogens with zero attached hydrogens (tertiary/aromatic N) is 16.